The topological polar surface area (TPSA) is 75.7 Å². The fourth-order valence-corrected chi connectivity index (χ4v) is 3.25. The molecular weight excluding hydrogens is 328 g/mol. The maximum atomic E-state index is 12.5. The van der Waals surface area contributed by atoms with Crippen molar-refractivity contribution in [2.24, 2.45) is 0 Å². The third-order valence-corrected chi connectivity index (χ3v) is 4.69. The number of rotatable bonds is 6. The zero-order valence-electron chi connectivity index (χ0n) is 14.1. The summed E-state index contributed by atoms with van der Waals surface area (Å²) in [5, 5.41) is 0. The molecule has 1 heterocycles. The lowest BCUT2D eigenvalue weighted by molar-refractivity contribution is -0.129. The van der Waals surface area contributed by atoms with Gasteiger partial charge >= 0.3 is 0 Å². The Balaban J connectivity index is 2.03. The van der Waals surface area contributed by atoms with Crippen LogP contribution < -0.4 is 9.46 Å². The van der Waals surface area contributed by atoms with Gasteiger partial charge in [0, 0.05) is 25.2 Å². The van der Waals surface area contributed by atoms with Crippen molar-refractivity contribution in [3.05, 3.63) is 35.9 Å². The smallest absolute Gasteiger partial charge is 0.246 e. The molecule has 2 rings (SSSR count). The van der Waals surface area contributed by atoms with Crippen molar-refractivity contribution < 1.29 is 17.9 Å². The number of methoxy groups -OCH3 is 1. The molecule has 24 heavy (non-hydrogen) atoms. The van der Waals surface area contributed by atoms with Crippen LogP contribution in [0.4, 0.5) is 0 Å². The van der Waals surface area contributed by atoms with Gasteiger partial charge in [0.1, 0.15) is 5.75 Å². The minimum Gasteiger partial charge on any atom is -0.497 e. The number of sulfonamides is 1. The normalized spacial score (nSPS) is 18.8. The Morgan fingerprint density at radius 3 is 2.92 bits per heavy atom. The summed E-state index contributed by atoms with van der Waals surface area (Å²) in [6, 6.07) is 7.35. The van der Waals surface area contributed by atoms with Crippen LogP contribution in [0, 0.1) is 0 Å². The predicted octanol–water partition coefficient (Wildman–Crippen LogP) is 1.64. The molecule has 0 saturated carbocycles. The lowest BCUT2D eigenvalue weighted by Gasteiger charge is -2.35. The molecule has 1 aromatic carbocycles. The van der Waals surface area contributed by atoms with E-state index in [4.69, 9.17) is 4.74 Å². The van der Waals surface area contributed by atoms with Gasteiger partial charge in [-0.2, -0.15) is 0 Å². The summed E-state index contributed by atoms with van der Waals surface area (Å²) in [6.45, 7) is 0.912. The number of carbonyl (C=O) groups excluding carboxylic acids is 1. The van der Waals surface area contributed by atoms with E-state index in [0.717, 1.165) is 36.8 Å². The molecule has 1 aliphatic heterocycles. The zero-order chi connectivity index (χ0) is 17.6. The molecule has 6 nitrogen and oxygen atoms in total. The standard InChI is InChI=1S/C17H24N2O4S/c1-23-16-8-5-6-14(12-16)9-10-17(20)19-11-4-3-7-15(19)13-18-24(2,21)22/h5-6,8-10,12,15,18H,3-4,7,11,13H2,1-2H3/b10-9+. The van der Waals surface area contributed by atoms with Crippen LogP contribution in [-0.2, 0) is 14.8 Å². The van der Waals surface area contributed by atoms with Crippen LogP contribution in [0.2, 0.25) is 0 Å². The number of benzene rings is 1. The van der Waals surface area contributed by atoms with Gasteiger partial charge in [-0.05, 0) is 43.0 Å². The Hall–Kier alpha value is -1.86. The first-order valence-electron chi connectivity index (χ1n) is 7.96. The molecule has 1 N–H and O–H groups in total. The lowest BCUT2D eigenvalue weighted by atomic mass is 10.0. The molecule has 0 bridgehead atoms. The van der Waals surface area contributed by atoms with E-state index in [-0.39, 0.29) is 18.5 Å². The first kappa shape index (κ1) is 18.5. The maximum absolute atomic E-state index is 12.5. The first-order valence-corrected chi connectivity index (χ1v) is 9.85. The Bertz CT molecular complexity index is 700. The van der Waals surface area contributed by atoms with E-state index < -0.39 is 10.0 Å². The monoisotopic (exact) mass is 352 g/mol. The van der Waals surface area contributed by atoms with Crippen molar-refractivity contribution in [2.75, 3.05) is 26.5 Å². The molecule has 132 valence electrons. The van der Waals surface area contributed by atoms with Crippen LogP contribution in [0.25, 0.3) is 6.08 Å². The van der Waals surface area contributed by atoms with Crippen LogP contribution in [0.5, 0.6) is 5.75 Å². The van der Waals surface area contributed by atoms with Gasteiger partial charge in [0.2, 0.25) is 15.9 Å². The second-order valence-electron chi connectivity index (χ2n) is 5.91. The van der Waals surface area contributed by atoms with Gasteiger partial charge in [-0.25, -0.2) is 13.1 Å². The van der Waals surface area contributed by atoms with Crippen molar-refractivity contribution in [2.45, 2.75) is 25.3 Å². The van der Waals surface area contributed by atoms with E-state index >= 15 is 0 Å². The summed E-state index contributed by atoms with van der Waals surface area (Å²) in [5.41, 5.74) is 0.880. The van der Waals surface area contributed by atoms with E-state index in [1.165, 1.54) is 6.08 Å². The molecular formula is C17H24N2O4S. The number of hydrogen-bond donors (Lipinski definition) is 1. The first-order chi connectivity index (χ1) is 11.4. The van der Waals surface area contributed by atoms with E-state index in [1.807, 2.05) is 24.3 Å². The molecule has 1 fully saturated rings. The maximum Gasteiger partial charge on any atom is 0.246 e. The zero-order valence-corrected chi connectivity index (χ0v) is 14.9. The second-order valence-corrected chi connectivity index (χ2v) is 7.74. The van der Waals surface area contributed by atoms with Crippen molar-refractivity contribution in [1.82, 2.24) is 9.62 Å². The SMILES string of the molecule is COc1cccc(/C=C/C(=O)N2CCCCC2CNS(C)(=O)=O)c1. The number of likely N-dealkylation sites (tertiary alicyclic amines) is 1. The minimum atomic E-state index is -3.26. The molecule has 1 atom stereocenters. The highest BCUT2D eigenvalue weighted by atomic mass is 32.2. The highest BCUT2D eigenvalue weighted by Gasteiger charge is 2.25. The van der Waals surface area contributed by atoms with Gasteiger partial charge in [0.25, 0.3) is 0 Å². The quantitative estimate of drug-likeness (QED) is 0.790. The summed E-state index contributed by atoms with van der Waals surface area (Å²) in [7, 11) is -1.66. The fraction of sp³-hybridized carbons (Fsp3) is 0.471. The molecule has 0 aromatic heterocycles. The summed E-state index contributed by atoms with van der Waals surface area (Å²) < 4.78 is 30.2. The molecule has 0 radical (unpaired) electrons. The molecule has 0 aliphatic carbocycles. The van der Waals surface area contributed by atoms with Crippen molar-refractivity contribution >= 4 is 22.0 Å². The highest BCUT2D eigenvalue weighted by Crippen LogP contribution is 2.18. The van der Waals surface area contributed by atoms with E-state index in [9.17, 15) is 13.2 Å². The lowest BCUT2D eigenvalue weighted by Crippen LogP contribution is -2.48. The molecule has 1 unspecified atom stereocenters. The summed E-state index contributed by atoms with van der Waals surface area (Å²) in [5.74, 6) is 0.635. The van der Waals surface area contributed by atoms with Crippen molar-refractivity contribution in [3.8, 4) is 5.75 Å². The number of ether oxygens (including phenoxy) is 1. The molecule has 1 aromatic rings. The summed E-state index contributed by atoms with van der Waals surface area (Å²) in [6.07, 6.45) is 7.16. The van der Waals surface area contributed by atoms with Crippen LogP contribution >= 0.6 is 0 Å². The molecule has 0 spiro atoms. The van der Waals surface area contributed by atoms with E-state index in [2.05, 4.69) is 4.72 Å². The largest absolute Gasteiger partial charge is 0.497 e. The average molecular weight is 352 g/mol. The minimum absolute atomic E-state index is 0.0992. The third-order valence-electron chi connectivity index (χ3n) is 4.00. The van der Waals surface area contributed by atoms with Crippen LogP contribution in [0.1, 0.15) is 24.8 Å². The average Bonchev–Trinajstić information content (AvgIpc) is 2.57. The second kappa shape index (κ2) is 8.30. The highest BCUT2D eigenvalue weighted by molar-refractivity contribution is 7.88. The van der Waals surface area contributed by atoms with E-state index in [0.29, 0.717) is 6.54 Å². The number of carbonyl (C=O) groups is 1. The predicted molar refractivity (Wildman–Crippen MR) is 94.2 cm³/mol. The Morgan fingerprint density at radius 1 is 1.42 bits per heavy atom. The van der Waals surface area contributed by atoms with Crippen molar-refractivity contribution in [1.29, 1.82) is 0 Å². The van der Waals surface area contributed by atoms with Crippen LogP contribution in [0.15, 0.2) is 30.3 Å². The van der Waals surface area contributed by atoms with Crippen LogP contribution in [0.3, 0.4) is 0 Å². The molecule has 1 aliphatic rings. The van der Waals surface area contributed by atoms with Gasteiger partial charge in [0.15, 0.2) is 0 Å². The summed E-state index contributed by atoms with van der Waals surface area (Å²) in [4.78, 5) is 14.2. The third kappa shape index (κ3) is 5.65. The van der Waals surface area contributed by atoms with Gasteiger partial charge in [-0.15, -0.1) is 0 Å². The molecule has 7 heteroatoms. The Kier molecular flexibility index (Phi) is 6.39. The van der Waals surface area contributed by atoms with Gasteiger partial charge in [-0.1, -0.05) is 12.1 Å². The fourth-order valence-electron chi connectivity index (χ4n) is 2.76. The number of piperidine rings is 1. The molecule has 1 saturated heterocycles. The summed E-state index contributed by atoms with van der Waals surface area (Å²) >= 11 is 0. The van der Waals surface area contributed by atoms with Gasteiger partial charge in [0.05, 0.1) is 13.4 Å². The van der Waals surface area contributed by atoms with Crippen molar-refractivity contribution in [3.63, 3.8) is 0 Å². The number of amides is 1. The number of nitrogens with one attached hydrogen (secondary N) is 1. The Morgan fingerprint density at radius 2 is 2.21 bits per heavy atom. The Labute approximate surface area is 143 Å². The van der Waals surface area contributed by atoms with E-state index in [1.54, 1.807) is 18.1 Å². The van der Waals surface area contributed by atoms with Crippen LogP contribution in [-0.4, -0.2) is 51.7 Å². The van der Waals surface area contributed by atoms with Gasteiger partial charge in [-0.3, -0.25) is 4.79 Å². The van der Waals surface area contributed by atoms with Gasteiger partial charge < -0.3 is 9.64 Å². The number of hydrogen-bond acceptors (Lipinski definition) is 4. The molecule has 1 amide bonds. The number of nitrogens with zero attached hydrogens (tertiary/aromatic N) is 1.